The number of benzene rings is 1. The molecule has 0 bridgehead atoms. The molecular weight excluding hydrogens is 242 g/mol. The molecule has 3 heteroatoms. The average Bonchev–Trinajstić information content (AvgIpc) is 2.84. The van der Waals surface area contributed by atoms with Gasteiger partial charge in [-0.1, -0.05) is 32.0 Å². The van der Waals surface area contributed by atoms with E-state index in [0.717, 1.165) is 12.3 Å². The molecule has 1 aromatic heterocycles. The number of methoxy groups -OCH3 is 1. The van der Waals surface area contributed by atoms with E-state index in [0.29, 0.717) is 6.04 Å². The third-order valence-corrected chi connectivity index (χ3v) is 3.63. The van der Waals surface area contributed by atoms with E-state index in [1.54, 1.807) is 18.4 Å². The Kier molecular flexibility index (Phi) is 4.39. The molecule has 0 atom stereocenters. The van der Waals surface area contributed by atoms with Gasteiger partial charge in [-0.2, -0.15) is 11.3 Å². The molecule has 2 aromatic rings. The van der Waals surface area contributed by atoms with Crippen molar-refractivity contribution < 1.29 is 4.74 Å². The highest BCUT2D eigenvalue weighted by molar-refractivity contribution is 7.08. The SMILES string of the molecule is COc1ccccc1-c1cscc1CNC(C)C. The maximum absolute atomic E-state index is 5.43. The van der Waals surface area contributed by atoms with Gasteiger partial charge in [0.2, 0.25) is 0 Å². The first-order valence-electron chi connectivity index (χ1n) is 6.14. The standard InChI is InChI=1S/C15H19NOS/c1-11(2)16-8-12-9-18-10-14(12)13-6-4-5-7-15(13)17-3/h4-7,9-11,16H,8H2,1-3H3. The van der Waals surface area contributed by atoms with Crippen molar-refractivity contribution in [3.8, 4) is 16.9 Å². The fourth-order valence-corrected chi connectivity index (χ4v) is 2.73. The van der Waals surface area contributed by atoms with Gasteiger partial charge < -0.3 is 10.1 Å². The van der Waals surface area contributed by atoms with Crippen LogP contribution in [0, 0.1) is 0 Å². The molecule has 0 saturated carbocycles. The van der Waals surface area contributed by atoms with Crippen LogP contribution in [0.15, 0.2) is 35.0 Å². The molecule has 18 heavy (non-hydrogen) atoms. The molecule has 0 radical (unpaired) electrons. The van der Waals surface area contributed by atoms with E-state index in [2.05, 4.69) is 42.1 Å². The molecule has 0 aliphatic rings. The lowest BCUT2D eigenvalue weighted by Crippen LogP contribution is -2.21. The Morgan fingerprint density at radius 2 is 1.94 bits per heavy atom. The molecule has 1 N–H and O–H groups in total. The zero-order chi connectivity index (χ0) is 13.0. The second-order valence-corrected chi connectivity index (χ2v) is 5.29. The van der Waals surface area contributed by atoms with Crippen molar-refractivity contribution in [1.29, 1.82) is 0 Å². The Morgan fingerprint density at radius 3 is 2.67 bits per heavy atom. The first-order chi connectivity index (χ1) is 8.72. The molecule has 1 heterocycles. The van der Waals surface area contributed by atoms with E-state index in [1.165, 1.54) is 16.7 Å². The number of rotatable bonds is 5. The Bertz CT molecular complexity index is 505. The van der Waals surface area contributed by atoms with Crippen LogP contribution in [0.1, 0.15) is 19.4 Å². The summed E-state index contributed by atoms with van der Waals surface area (Å²) in [7, 11) is 1.72. The van der Waals surface area contributed by atoms with Crippen LogP contribution in [0.5, 0.6) is 5.75 Å². The smallest absolute Gasteiger partial charge is 0.126 e. The second kappa shape index (κ2) is 6.03. The minimum atomic E-state index is 0.496. The fraction of sp³-hybridized carbons (Fsp3) is 0.333. The van der Waals surface area contributed by atoms with Gasteiger partial charge in [-0.3, -0.25) is 0 Å². The topological polar surface area (TPSA) is 21.3 Å². The quantitative estimate of drug-likeness (QED) is 0.880. The summed E-state index contributed by atoms with van der Waals surface area (Å²) in [6, 6.07) is 8.66. The van der Waals surface area contributed by atoms with Gasteiger partial charge in [-0.05, 0) is 22.4 Å². The van der Waals surface area contributed by atoms with Gasteiger partial charge in [-0.25, -0.2) is 0 Å². The highest BCUT2D eigenvalue weighted by Gasteiger charge is 2.10. The van der Waals surface area contributed by atoms with Crippen LogP contribution in [0.25, 0.3) is 11.1 Å². The molecule has 96 valence electrons. The fourth-order valence-electron chi connectivity index (χ4n) is 1.88. The summed E-state index contributed by atoms with van der Waals surface area (Å²) in [5.41, 5.74) is 3.77. The molecule has 0 fully saturated rings. The molecule has 0 aliphatic heterocycles. The lowest BCUT2D eigenvalue weighted by atomic mass is 10.0. The summed E-state index contributed by atoms with van der Waals surface area (Å²) >= 11 is 1.74. The van der Waals surface area contributed by atoms with E-state index in [9.17, 15) is 0 Å². The molecule has 2 nitrogen and oxygen atoms in total. The molecule has 0 aliphatic carbocycles. The van der Waals surface area contributed by atoms with Crippen molar-refractivity contribution in [3.63, 3.8) is 0 Å². The van der Waals surface area contributed by atoms with Gasteiger partial charge in [0.05, 0.1) is 7.11 Å². The summed E-state index contributed by atoms with van der Waals surface area (Å²) in [6.45, 7) is 5.22. The summed E-state index contributed by atoms with van der Waals surface area (Å²) in [6.07, 6.45) is 0. The van der Waals surface area contributed by atoms with Gasteiger partial charge in [0.15, 0.2) is 0 Å². The summed E-state index contributed by atoms with van der Waals surface area (Å²) in [5, 5.41) is 7.86. The Morgan fingerprint density at radius 1 is 1.17 bits per heavy atom. The first-order valence-corrected chi connectivity index (χ1v) is 7.08. The van der Waals surface area contributed by atoms with Crippen LogP contribution < -0.4 is 10.1 Å². The molecule has 0 saturated heterocycles. The largest absolute Gasteiger partial charge is 0.496 e. The number of hydrogen-bond donors (Lipinski definition) is 1. The van der Waals surface area contributed by atoms with Crippen molar-refractivity contribution in [2.24, 2.45) is 0 Å². The highest BCUT2D eigenvalue weighted by atomic mass is 32.1. The van der Waals surface area contributed by atoms with E-state index < -0.39 is 0 Å². The first kappa shape index (κ1) is 13.1. The van der Waals surface area contributed by atoms with Crippen LogP contribution >= 0.6 is 11.3 Å². The third-order valence-electron chi connectivity index (χ3n) is 2.84. The van der Waals surface area contributed by atoms with Crippen LogP contribution in [0.2, 0.25) is 0 Å². The van der Waals surface area contributed by atoms with E-state index in [-0.39, 0.29) is 0 Å². The Balaban J connectivity index is 2.30. The average molecular weight is 261 g/mol. The van der Waals surface area contributed by atoms with Crippen LogP contribution in [0.4, 0.5) is 0 Å². The summed E-state index contributed by atoms with van der Waals surface area (Å²) in [4.78, 5) is 0. The molecule has 1 aromatic carbocycles. The van der Waals surface area contributed by atoms with Gasteiger partial charge in [0, 0.05) is 23.7 Å². The van der Waals surface area contributed by atoms with Gasteiger partial charge in [0.1, 0.15) is 5.75 Å². The Labute approximate surface area is 113 Å². The van der Waals surface area contributed by atoms with E-state index >= 15 is 0 Å². The lowest BCUT2D eigenvalue weighted by molar-refractivity contribution is 0.416. The van der Waals surface area contributed by atoms with Crippen molar-refractivity contribution in [2.75, 3.05) is 7.11 Å². The number of ether oxygens (including phenoxy) is 1. The minimum Gasteiger partial charge on any atom is -0.496 e. The van der Waals surface area contributed by atoms with Crippen molar-refractivity contribution in [1.82, 2.24) is 5.32 Å². The maximum atomic E-state index is 5.43. The number of para-hydroxylation sites is 1. The second-order valence-electron chi connectivity index (χ2n) is 4.55. The molecular formula is C15H19NOS. The molecule has 2 rings (SSSR count). The van der Waals surface area contributed by atoms with Crippen molar-refractivity contribution >= 4 is 11.3 Å². The molecule has 0 amide bonds. The van der Waals surface area contributed by atoms with Gasteiger partial charge >= 0.3 is 0 Å². The zero-order valence-corrected chi connectivity index (χ0v) is 11.9. The van der Waals surface area contributed by atoms with Crippen LogP contribution in [-0.4, -0.2) is 13.2 Å². The summed E-state index contributed by atoms with van der Waals surface area (Å²) < 4.78 is 5.43. The number of nitrogens with one attached hydrogen (secondary N) is 1. The van der Waals surface area contributed by atoms with Crippen LogP contribution in [0.3, 0.4) is 0 Å². The maximum Gasteiger partial charge on any atom is 0.126 e. The molecule has 0 spiro atoms. The summed E-state index contributed by atoms with van der Waals surface area (Å²) in [5.74, 6) is 0.932. The third kappa shape index (κ3) is 2.92. The Hall–Kier alpha value is -1.32. The molecule has 0 unspecified atom stereocenters. The van der Waals surface area contributed by atoms with Crippen molar-refractivity contribution in [2.45, 2.75) is 26.4 Å². The van der Waals surface area contributed by atoms with E-state index in [4.69, 9.17) is 4.74 Å². The van der Waals surface area contributed by atoms with E-state index in [1.807, 2.05) is 12.1 Å². The zero-order valence-electron chi connectivity index (χ0n) is 11.1. The number of hydrogen-bond acceptors (Lipinski definition) is 3. The normalized spacial score (nSPS) is 10.9. The predicted molar refractivity (Wildman–Crippen MR) is 78.3 cm³/mol. The van der Waals surface area contributed by atoms with Gasteiger partial charge in [0.25, 0.3) is 0 Å². The highest BCUT2D eigenvalue weighted by Crippen LogP contribution is 2.34. The van der Waals surface area contributed by atoms with Gasteiger partial charge in [-0.15, -0.1) is 0 Å². The van der Waals surface area contributed by atoms with Crippen molar-refractivity contribution in [3.05, 3.63) is 40.6 Å². The van der Waals surface area contributed by atoms with Crippen LogP contribution in [-0.2, 0) is 6.54 Å². The minimum absolute atomic E-state index is 0.496. The monoisotopic (exact) mass is 261 g/mol. The number of thiophene rings is 1. The lowest BCUT2D eigenvalue weighted by Gasteiger charge is -2.11. The predicted octanol–water partition coefficient (Wildman–Crippen LogP) is 3.92.